The average Bonchev–Trinajstić information content (AvgIpc) is 2.72. The van der Waals surface area contributed by atoms with Gasteiger partial charge in [0.2, 0.25) is 0 Å². The van der Waals surface area contributed by atoms with Gasteiger partial charge in [-0.1, -0.05) is 33.6 Å². The summed E-state index contributed by atoms with van der Waals surface area (Å²) in [4.78, 5) is 25.4. The van der Waals surface area contributed by atoms with Crippen molar-refractivity contribution in [1.29, 1.82) is 0 Å². The predicted molar refractivity (Wildman–Crippen MR) is 113 cm³/mol. The summed E-state index contributed by atoms with van der Waals surface area (Å²) in [5.74, 6) is 0.265. The van der Waals surface area contributed by atoms with Gasteiger partial charge in [0.15, 0.2) is 0 Å². The Morgan fingerprint density at radius 2 is 2.00 bits per heavy atom. The molecule has 0 saturated heterocycles. The fourth-order valence-electron chi connectivity index (χ4n) is 3.78. The molecule has 1 aliphatic carbocycles. The summed E-state index contributed by atoms with van der Waals surface area (Å²) < 4.78 is 16.7. The first kappa shape index (κ1) is 23.2. The fourth-order valence-corrected chi connectivity index (χ4v) is 3.78. The van der Waals surface area contributed by atoms with Crippen molar-refractivity contribution < 1.29 is 23.8 Å². The Morgan fingerprint density at radius 3 is 2.66 bits per heavy atom. The highest BCUT2D eigenvalue weighted by Crippen LogP contribution is 2.36. The number of anilines is 1. The first-order valence-electron chi connectivity index (χ1n) is 10.8. The summed E-state index contributed by atoms with van der Waals surface area (Å²) in [5, 5.41) is 2.97. The molecule has 1 amide bonds. The first-order chi connectivity index (χ1) is 14.0. The Hall–Kier alpha value is -2.08. The molecular weight excluding hydrogens is 370 g/mol. The van der Waals surface area contributed by atoms with Crippen LogP contribution in [0.4, 0.5) is 5.69 Å². The van der Waals surface area contributed by atoms with Crippen molar-refractivity contribution in [3.8, 4) is 5.75 Å². The van der Waals surface area contributed by atoms with Crippen molar-refractivity contribution in [2.45, 2.75) is 71.3 Å². The molecule has 0 heterocycles. The van der Waals surface area contributed by atoms with E-state index >= 15 is 0 Å². The number of nitrogens with one attached hydrogen (secondary N) is 1. The lowest BCUT2D eigenvalue weighted by molar-refractivity contribution is -0.148. The molecule has 1 N–H and O–H groups in total. The summed E-state index contributed by atoms with van der Waals surface area (Å²) in [6, 6.07) is 5.08. The fraction of sp³-hybridized carbons (Fsp3) is 0.652. The number of hydrogen-bond acceptors (Lipinski definition) is 5. The molecule has 2 atom stereocenters. The first-order valence-corrected chi connectivity index (χ1v) is 10.8. The van der Waals surface area contributed by atoms with Crippen LogP contribution in [0, 0.1) is 5.92 Å². The van der Waals surface area contributed by atoms with Crippen molar-refractivity contribution in [3.05, 3.63) is 23.8 Å². The number of rotatable bonds is 10. The van der Waals surface area contributed by atoms with Crippen molar-refractivity contribution in [2.75, 3.05) is 25.6 Å². The topological polar surface area (TPSA) is 73.9 Å². The van der Waals surface area contributed by atoms with E-state index in [0.717, 1.165) is 32.1 Å². The number of carbonyl (C=O) groups is 2. The van der Waals surface area contributed by atoms with Gasteiger partial charge in [0.1, 0.15) is 16.9 Å². The molecule has 0 aromatic heterocycles. The van der Waals surface area contributed by atoms with Gasteiger partial charge in [0, 0.05) is 12.3 Å². The zero-order chi connectivity index (χ0) is 21.3. The molecule has 1 fully saturated rings. The molecule has 0 bridgehead atoms. The van der Waals surface area contributed by atoms with Crippen LogP contribution in [0.1, 0.15) is 76.1 Å². The quantitative estimate of drug-likeness (QED) is 0.440. The molecule has 1 aromatic carbocycles. The Morgan fingerprint density at radius 1 is 1.21 bits per heavy atom. The largest absolute Gasteiger partial charge is 0.493 e. The van der Waals surface area contributed by atoms with Gasteiger partial charge >= 0.3 is 5.97 Å². The minimum absolute atomic E-state index is 0.145. The van der Waals surface area contributed by atoms with E-state index in [2.05, 4.69) is 19.2 Å². The molecule has 1 aliphatic rings. The molecule has 0 radical (unpaired) electrons. The molecule has 6 nitrogen and oxygen atoms in total. The minimum Gasteiger partial charge on any atom is -0.493 e. The lowest BCUT2D eigenvalue weighted by Gasteiger charge is -2.38. The predicted octanol–water partition coefficient (Wildman–Crippen LogP) is 4.97. The van der Waals surface area contributed by atoms with Crippen LogP contribution in [0.5, 0.6) is 5.75 Å². The van der Waals surface area contributed by atoms with Crippen LogP contribution in [0.15, 0.2) is 18.2 Å². The number of hydrogen-bond donors (Lipinski definition) is 1. The van der Waals surface area contributed by atoms with Gasteiger partial charge < -0.3 is 19.5 Å². The van der Waals surface area contributed by atoms with Gasteiger partial charge in [-0.3, -0.25) is 4.79 Å². The second kappa shape index (κ2) is 11.2. The van der Waals surface area contributed by atoms with Gasteiger partial charge in [-0.25, -0.2) is 4.79 Å². The molecule has 1 saturated carbocycles. The summed E-state index contributed by atoms with van der Waals surface area (Å²) >= 11 is 0. The smallest absolute Gasteiger partial charge is 0.341 e. The third kappa shape index (κ3) is 6.20. The van der Waals surface area contributed by atoms with Gasteiger partial charge in [-0.05, 0) is 56.2 Å². The highest BCUT2D eigenvalue weighted by Gasteiger charge is 2.42. The molecule has 6 heteroatoms. The zero-order valence-corrected chi connectivity index (χ0v) is 18.2. The number of methoxy groups -OCH3 is 1. The van der Waals surface area contributed by atoms with Crippen LogP contribution in [0.3, 0.4) is 0 Å². The van der Waals surface area contributed by atoms with E-state index in [4.69, 9.17) is 14.2 Å². The zero-order valence-electron chi connectivity index (χ0n) is 18.2. The van der Waals surface area contributed by atoms with Gasteiger partial charge in [0.25, 0.3) is 5.91 Å². The van der Waals surface area contributed by atoms with Crippen LogP contribution < -0.4 is 10.1 Å². The van der Waals surface area contributed by atoms with Crippen molar-refractivity contribution >= 4 is 17.6 Å². The van der Waals surface area contributed by atoms with E-state index in [1.807, 2.05) is 6.92 Å². The minimum atomic E-state index is -0.810. The number of esters is 1. The summed E-state index contributed by atoms with van der Waals surface area (Å²) in [7, 11) is 1.33. The van der Waals surface area contributed by atoms with E-state index < -0.39 is 11.6 Å². The van der Waals surface area contributed by atoms with E-state index in [1.165, 1.54) is 7.11 Å². The SMILES string of the molecule is CCCCOc1ccc(NC(=O)[C@]2(OCCC)CCC[C@@H](C)C2)cc1C(=O)OC. The normalized spacial score (nSPS) is 21.4. The van der Waals surface area contributed by atoms with E-state index in [0.29, 0.717) is 49.0 Å². The van der Waals surface area contributed by atoms with Gasteiger partial charge in [-0.15, -0.1) is 0 Å². The molecule has 0 unspecified atom stereocenters. The molecule has 29 heavy (non-hydrogen) atoms. The number of carbonyl (C=O) groups excluding carboxylic acids is 2. The second-order valence-corrected chi connectivity index (χ2v) is 7.90. The van der Waals surface area contributed by atoms with E-state index in [-0.39, 0.29) is 5.91 Å². The Kier molecular flexibility index (Phi) is 8.96. The second-order valence-electron chi connectivity index (χ2n) is 7.90. The molecule has 162 valence electrons. The summed E-state index contributed by atoms with van der Waals surface area (Å²) in [6.45, 7) is 7.35. The number of ether oxygens (including phenoxy) is 3. The lowest BCUT2D eigenvalue weighted by atomic mass is 9.78. The van der Waals surface area contributed by atoms with Gasteiger partial charge in [-0.2, -0.15) is 0 Å². The molecule has 0 aliphatic heterocycles. The van der Waals surface area contributed by atoms with Crippen LogP contribution in [0.2, 0.25) is 0 Å². The highest BCUT2D eigenvalue weighted by molar-refractivity contribution is 5.99. The molecule has 2 rings (SSSR count). The summed E-state index contributed by atoms with van der Waals surface area (Å²) in [6.07, 6.45) is 6.26. The number of amides is 1. The van der Waals surface area contributed by atoms with Crippen LogP contribution in [-0.2, 0) is 14.3 Å². The molecule has 1 aromatic rings. The maximum atomic E-state index is 13.2. The van der Waals surface area contributed by atoms with Crippen LogP contribution in [-0.4, -0.2) is 37.8 Å². The number of benzene rings is 1. The maximum absolute atomic E-state index is 13.2. The lowest BCUT2D eigenvalue weighted by Crippen LogP contribution is -2.48. The third-order valence-corrected chi connectivity index (χ3v) is 5.35. The van der Waals surface area contributed by atoms with Crippen molar-refractivity contribution in [3.63, 3.8) is 0 Å². The van der Waals surface area contributed by atoms with Crippen LogP contribution in [0.25, 0.3) is 0 Å². The molecular formula is C23H35NO5. The third-order valence-electron chi connectivity index (χ3n) is 5.35. The van der Waals surface area contributed by atoms with Gasteiger partial charge in [0.05, 0.1) is 13.7 Å². The Bertz CT molecular complexity index is 690. The summed E-state index contributed by atoms with van der Waals surface area (Å²) in [5.41, 5.74) is 0.0351. The average molecular weight is 406 g/mol. The Balaban J connectivity index is 2.21. The van der Waals surface area contributed by atoms with Crippen molar-refractivity contribution in [2.24, 2.45) is 5.92 Å². The molecule has 0 spiro atoms. The maximum Gasteiger partial charge on any atom is 0.341 e. The highest BCUT2D eigenvalue weighted by atomic mass is 16.5. The van der Waals surface area contributed by atoms with E-state index in [9.17, 15) is 9.59 Å². The monoisotopic (exact) mass is 405 g/mol. The van der Waals surface area contributed by atoms with Crippen LogP contribution >= 0.6 is 0 Å². The van der Waals surface area contributed by atoms with Crippen molar-refractivity contribution in [1.82, 2.24) is 0 Å². The number of unbranched alkanes of at least 4 members (excludes halogenated alkanes) is 1. The Labute approximate surface area is 174 Å². The standard InChI is InChI=1S/C23H35NO5/c1-5-7-14-28-20-11-10-18(15-19(20)21(25)27-4)24-22(26)23(29-13-6-2)12-8-9-17(3)16-23/h10-11,15,17H,5-9,12-14,16H2,1-4H3,(H,24,26)/t17-,23+/m1/s1. The van der Waals surface area contributed by atoms with E-state index in [1.54, 1.807) is 18.2 Å².